The number of anilines is 1. The van der Waals surface area contributed by atoms with Crippen LogP contribution in [0.15, 0.2) is 61.3 Å². The highest BCUT2D eigenvalue weighted by atomic mass is 35.5. The van der Waals surface area contributed by atoms with Crippen LogP contribution in [0.4, 0.5) is 5.69 Å². The Bertz CT molecular complexity index is 1370. The summed E-state index contributed by atoms with van der Waals surface area (Å²) in [5, 5.41) is 3.29. The van der Waals surface area contributed by atoms with E-state index in [1.807, 2.05) is 32.3 Å². The first-order valence-corrected chi connectivity index (χ1v) is 13.0. The van der Waals surface area contributed by atoms with Crippen molar-refractivity contribution in [1.29, 1.82) is 0 Å². The largest absolute Gasteiger partial charge is 0.342 e. The lowest BCUT2D eigenvalue weighted by molar-refractivity contribution is -0.124. The van der Waals surface area contributed by atoms with Crippen molar-refractivity contribution in [3.05, 3.63) is 100 Å². The van der Waals surface area contributed by atoms with E-state index in [1.165, 1.54) is 11.0 Å². The van der Waals surface area contributed by atoms with Crippen molar-refractivity contribution >= 4 is 34.9 Å². The highest BCUT2D eigenvalue weighted by Gasteiger charge is 2.21. The summed E-state index contributed by atoms with van der Waals surface area (Å²) in [7, 11) is 7.15. The Morgan fingerprint density at radius 2 is 1.77 bits per heavy atom. The molecule has 0 bridgehead atoms. The van der Waals surface area contributed by atoms with Gasteiger partial charge in [0.2, 0.25) is 5.91 Å². The number of halogens is 1. The Morgan fingerprint density at radius 3 is 2.46 bits per heavy atom. The van der Waals surface area contributed by atoms with Crippen molar-refractivity contribution in [3.63, 3.8) is 0 Å². The van der Waals surface area contributed by atoms with E-state index in [9.17, 15) is 14.4 Å². The summed E-state index contributed by atoms with van der Waals surface area (Å²) < 4.78 is 0. The van der Waals surface area contributed by atoms with Gasteiger partial charge in [-0.15, -0.1) is 0 Å². The summed E-state index contributed by atoms with van der Waals surface area (Å²) >= 11 is 6.44. The second-order valence-electron chi connectivity index (χ2n) is 9.71. The van der Waals surface area contributed by atoms with Gasteiger partial charge in [-0.1, -0.05) is 54.6 Å². The lowest BCUT2D eigenvalue weighted by Gasteiger charge is -2.14. The first-order valence-electron chi connectivity index (χ1n) is 12.6. The molecular formula is C30H34ClN5O3. The van der Waals surface area contributed by atoms with Gasteiger partial charge in [-0.25, -0.2) is 9.97 Å². The second-order valence-corrected chi connectivity index (χ2v) is 10.1. The molecule has 0 unspecified atom stereocenters. The fraction of sp³-hybridized carbons (Fsp3) is 0.300. The maximum absolute atomic E-state index is 12.8. The average molecular weight is 548 g/mol. The summed E-state index contributed by atoms with van der Waals surface area (Å²) in [6, 6.07) is 12.9. The predicted molar refractivity (Wildman–Crippen MR) is 154 cm³/mol. The molecule has 0 saturated heterocycles. The molecule has 1 heterocycles. The minimum absolute atomic E-state index is 0.266. The third-order valence-corrected chi connectivity index (χ3v) is 6.43. The molecule has 3 rings (SSSR count). The molecule has 0 atom stereocenters. The number of aromatic nitrogens is 2. The smallest absolute Gasteiger partial charge is 0.294 e. The molecule has 0 spiro atoms. The molecule has 0 fully saturated rings. The van der Waals surface area contributed by atoms with Crippen LogP contribution < -0.4 is 5.32 Å². The van der Waals surface area contributed by atoms with Crippen LogP contribution in [0, 0.1) is 0 Å². The molecule has 3 aromatic rings. The topological polar surface area (TPSA) is 95.5 Å². The van der Waals surface area contributed by atoms with Crippen molar-refractivity contribution in [2.75, 3.05) is 40.1 Å². The fourth-order valence-corrected chi connectivity index (χ4v) is 4.23. The number of amides is 2. The Kier molecular flexibility index (Phi) is 10.5. The standard InChI is InChI=1S/C30H34ClN5O3/c1-6-28(37)34-25-16-20(13-14-21(25)11-9-15-35(2)3)17-27-32-19-24(31)26(33-27)18-22-10-7-8-12-23(22)29(38)30(39)36(4)5/h6-8,10,12-14,16,19H,1,9,11,15,17-18H2,2-5H3,(H,34,37). The average Bonchev–Trinajstić information content (AvgIpc) is 2.90. The molecule has 1 N–H and O–H groups in total. The van der Waals surface area contributed by atoms with Gasteiger partial charge in [0.05, 0.1) is 10.7 Å². The Labute approximate surface area is 234 Å². The van der Waals surface area contributed by atoms with Gasteiger partial charge in [-0.2, -0.15) is 0 Å². The summed E-state index contributed by atoms with van der Waals surface area (Å²) in [6.07, 6.45) is 5.25. The number of hydrogen-bond acceptors (Lipinski definition) is 6. The van der Waals surface area contributed by atoms with Gasteiger partial charge in [0.1, 0.15) is 5.82 Å². The molecule has 0 saturated carbocycles. The maximum atomic E-state index is 12.8. The number of likely N-dealkylation sites (N-methyl/N-ethyl adjacent to an activating group) is 1. The van der Waals surface area contributed by atoms with Crippen molar-refractivity contribution in [2.24, 2.45) is 0 Å². The number of carbonyl (C=O) groups excluding carboxylic acids is 3. The zero-order chi connectivity index (χ0) is 28.5. The van der Waals surface area contributed by atoms with Crippen LogP contribution >= 0.6 is 11.6 Å². The van der Waals surface area contributed by atoms with Crippen LogP contribution in [-0.4, -0.2) is 72.1 Å². The molecule has 0 radical (unpaired) electrons. The predicted octanol–water partition coefficient (Wildman–Crippen LogP) is 4.20. The summed E-state index contributed by atoms with van der Waals surface area (Å²) in [5.74, 6) is -0.905. The number of benzene rings is 2. The quantitative estimate of drug-likeness (QED) is 0.207. The number of aryl methyl sites for hydroxylation is 1. The number of hydrogen-bond donors (Lipinski definition) is 1. The van der Waals surface area contributed by atoms with Gasteiger partial charge >= 0.3 is 0 Å². The van der Waals surface area contributed by atoms with Crippen LogP contribution in [0.2, 0.25) is 5.02 Å². The maximum Gasteiger partial charge on any atom is 0.294 e. The van der Waals surface area contributed by atoms with E-state index in [1.54, 1.807) is 44.6 Å². The molecule has 1 aromatic heterocycles. The van der Waals surface area contributed by atoms with Crippen molar-refractivity contribution in [1.82, 2.24) is 19.8 Å². The van der Waals surface area contributed by atoms with Crippen LogP contribution in [0.1, 0.15) is 45.0 Å². The molecule has 0 aliphatic heterocycles. The molecule has 2 aromatic carbocycles. The Hall–Kier alpha value is -3.88. The van der Waals surface area contributed by atoms with E-state index in [2.05, 4.69) is 26.8 Å². The molecule has 2 amide bonds. The molecule has 39 heavy (non-hydrogen) atoms. The zero-order valence-electron chi connectivity index (χ0n) is 22.8. The van der Waals surface area contributed by atoms with Crippen LogP contribution in [0.3, 0.4) is 0 Å². The fourth-order valence-electron chi connectivity index (χ4n) is 4.07. The number of nitrogens with zero attached hydrogens (tertiary/aromatic N) is 4. The first-order chi connectivity index (χ1) is 18.6. The molecule has 204 valence electrons. The van der Waals surface area contributed by atoms with Gasteiger partial charge in [0.25, 0.3) is 11.7 Å². The van der Waals surface area contributed by atoms with Gasteiger partial charge in [0.15, 0.2) is 0 Å². The molecule has 0 aliphatic carbocycles. The lowest BCUT2D eigenvalue weighted by atomic mass is 9.98. The summed E-state index contributed by atoms with van der Waals surface area (Å²) in [4.78, 5) is 49.6. The number of nitrogens with one attached hydrogen (secondary N) is 1. The van der Waals surface area contributed by atoms with Gasteiger partial charge in [0, 0.05) is 44.4 Å². The lowest BCUT2D eigenvalue weighted by Crippen LogP contribution is -2.30. The zero-order valence-corrected chi connectivity index (χ0v) is 23.6. The minimum Gasteiger partial charge on any atom is -0.342 e. The third-order valence-electron chi connectivity index (χ3n) is 6.12. The van der Waals surface area contributed by atoms with Gasteiger partial charge in [-0.05, 0) is 62.3 Å². The number of carbonyl (C=O) groups is 3. The van der Waals surface area contributed by atoms with Crippen LogP contribution in [0.5, 0.6) is 0 Å². The van der Waals surface area contributed by atoms with E-state index >= 15 is 0 Å². The van der Waals surface area contributed by atoms with E-state index in [0.717, 1.165) is 36.2 Å². The third kappa shape index (κ3) is 8.30. The molecule has 9 heteroatoms. The van der Waals surface area contributed by atoms with E-state index in [4.69, 9.17) is 11.6 Å². The van der Waals surface area contributed by atoms with E-state index < -0.39 is 11.7 Å². The Morgan fingerprint density at radius 1 is 1.03 bits per heavy atom. The normalized spacial score (nSPS) is 10.8. The number of ketones is 1. The van der Waals surface area contributed by atoms with Gasteiger partial charge in [-0.3, -0.25) is 14.4 Å². The molecule has 0 aliphatic rings. The summed E-state index contributed by atoms with van der Waals surface area (Å²) in [5.41, 5.74) is 4.23. The Balaban J connectivity index is 1.86. The molecule has 8 nitrogen and oxygen atoms in total. The minimum atomic E-state index is -0.596. The SMILES string of the molecule is C=CC(=O)Nc1cc(Cc2ncc(Cl)c(Cc3ccccc3C(=O)C(=O)N(C)C)n2)ccc1CCCN(C)C. The van der Waals surface area contributed by atoms with Gasteiger partial charge < -0.3 is 15.1 Å². The number of Topliss-reactive ketones (excluding diaryl/α,β-unsaturated/α-hetero) is 1. The van der Waals surface area contributed by atoms with Crippen molar-refractivity contribution < 1.29 is 14.4 Å². The van der Waals surface area contributed by atoms with Crippen molar-refractivity contribution in [3.8, 4) is 0 Å². The summed E-state index contributed by atoms with van der Waals surface area (Å²) in [6.45, 7) is 4.50. The van der Waals surface area contributed by atoms with Crippen molar-refractivity contribution in [2.45, 2.75) is 25.7 Å². The van der Waals surface area contributed by atoms with E-state index in [-0.39, 0.29) is 12.3 Å². The number of rotatable bonds is 12. The van der Waals surface area contributed by atoms with E-state index in [0.29, 0.717) is 34.1 Å². The molecular weight excluding hydrogens is 514 g/mol. The highest BCUT2D eigenvalue weighted by molar-refractivity contribution is 6.43. The van der Waals surface area contributed by atoms with Crippen LogP contribution in [-0.2, 0) is 28.9 Å². The van der Waals surface area contributed by atoms with Crippen LogP contribution in [0.25, 0.3) is 0 Å². The highest BCUT2D eigenvalue weighted by Crippen LogP contribution is 2.23. The first kappa shape index (κ1) is 29.7. The monoisotopic (exact) mass is 547 g/mol. The second kappa shape index (κ2) is 13.8.